The molecule has 0 aromatic rings. The van der Waals surface area contributed by atoms with Crippen LogP contribution in [0.3, 0.4) is 0 Å². The van der Waals surface area contributed by atoms with E-state index in [0.717, 1.165) is 31.9 Å². The van der Waals surface area contributed by atoms with E-state index in [9.17, 15) is 4.79 Å². The Morgan fingerprint density at radius 1 is 1.05 bits per heavy atom. The van der Waals surface area contributed by atoms with Crippen LogP contribution >= 0.6 is 0 Å². The molecule has 1 saturated carbocycles. The summed E-state index contributed by atoms with van der Waals surface area (Å²) < 4.78 is 0. The van der Waals surface area contributed by atoms with Crippen molar-refractivity contribution in [2.45, 2.75) is 32.1 Å². The van der Waals surface area contributed by atoms with E-state index in [1.807, 2.05) is 0 Å². The largest absolute Gasteiger partial charge is 0.355 e. The van der Waals surface area contributed by atoms with Gasteiger partial charge >= 0.3 is 0 Å². The number of carbonyl (C=O) groups excluding carboxylic acids is 1. The van der Waals surface area contributed by atoms with E-state index in [0.29, 0.717) is 13.1 Å². The van der Waals surface area contributed by atoms with Crippen LogP contribution in [0.15, 0.2) is 4.99 Å². The molecule has 0 bridgehead atoms. The van der Waals surface area contributed by atoms with Crippen molar-refractivity contribution >= 4 is 11.9 Å². The van der Waals surface area contributed by atoms with Crippen molar-refractivity contribution in [1.29, 1.82) is 0 Å². The third-order valence-electron chi connectivity index (χ3n) is 4.06. The summed E-state index contributed by atoms with van der Waals surface area (Å²) in [4.78, 5) is 18.2. The number of piperidine rings is 1. The molecule has 1 aliphatic carbocycles. The number of hydrogen-bond acceptors (Lipinski definition) is 3. The van der Waals surface area contributed by atoms with Gasteiger partial charge in [-0.05, 0) is 38.8 Å². The van der Waals surface area contributed by atoms with Crippen LogP contribution in [0, 0.1) is 5.92 Å². The summed E-state index contributed by atoms with van der Waals surface area (Å²) in [7, 11) is 1.78. The predicted octanol–water partition coefficient (Wildman–Crippen LogP) is 0.164. The van der Waals surface area contributed by atoms with Crippen molar-refractivity contribution in [1.82, 2.24) is 20.9 Å². The fraction of sp³-hybridized carbons (Fsp3) is 0.867. The molecule has 2 rings (SSSR count). The van der Waals surface area contributed by atoms with E-state index in [4.69, 9.17) is 0 Å². The van der Waals surface area contributed by atoms with Crippen molar-refractivity contribution < 1.29 is 4.79 Å². The number of rotatable bonds is 7. The van der Waals surface area contributed by atoms with Crippen LogP contribution in [0.25, 0.3) is 0 Å². The standard InChI is InChI=1S/C15H29N5O/c1-16-15(18-8-7-17-14(21)13-5-6-13)19-9-12-20-10-3-2-4-11-20/h13H,2-12H2,1H3,(H,17,21)(H2,16,18,19). The Morgan fingerprint density at radius 2 is 1.71 bits per heavy atom. The van der Waals surface area contributed by atoms with E-state index in [2.05, 4.69) is 25.8 Å². The van der Waals surface area contributed by atoms with Gasteiger partial charge in [-0.1, -0.05) is 6.42 Å². The van der Waals surface area contributed by atoms with E-state index in [1.54, 1.807) is 7.05 Å². The van der Waals surface area contributed by atoms with E-state index in [-0.39, 0.29) is 11.8 Å². The summed E-state index contributed by atoms with van der Waals surface area (Å²) in [5.41, 5.74) is 0. The van der Waals surface area contributed by atoms with E-state index < -0.39 is 0 Å². The lowest BCUT2D eigenvalue weighted by Gasteiger charge is -2.26. The number of likely N-dealkylation sites (tertiary alicyclic amines) is 1. The SMILES string of the molecule is CN=C(NCCNC(=O)C1CC1)NCCN1CCCCC1. The van der Waals surface area contributed by atoms with Gasteiger partial charge in [0, 0.05) is 39.1 Å². The van der Waals surface area contributed by atoms with Gasteiger partial charge in [0.05, 0.1) is 0 Å². The van der Waals surface area contributed by atoms with Gasteiger partial charge in [-0.3, -0.25) is 9.79 Å². The molecular weight excluding hydrogens is 266 g/mol. The van der Waals surface area contributed by atoms with Crippen LogP contribution in [0.5, 0.6) is 0 Å². The van der Waals surface area contributed by atoms with Gasteiger partial charge in [0.2, 0.25) is 5.91 Å². The van der Waals surface area contributed by atoms with Crippen molar-refractivity contribution in [3.05, 3.63) is 0 Å². The summed E-state index contributed by atoms with van der Waals surface area (Å²) in [5, 5.41) is 9.49. The summed E-state index contributed by atoms with van der Waals surface area (Å²) in [6.45, 7) is 5.79. The number of nitrogens with one attached hydrogen (secondary N) is 3. The highest BCUT2D eigenvalue weighted by Crippen LogP contribution is 2.28. The maximum absolute atomic E-state index is 11.5. The summed E-state index contributed by atoms with van der Waals surface area (Å²) in [5.74, 6) is 1.30. The van der Waals surface area contributed by atoms with Gasteiger partial charge in [0.1, 0.15) is 0 Å². The average Bonchev–Trinajstić information content (AvgIpc) is 3.35. The van der Waals surface area contributed by atoms with Gasteiger partial charge < -0.3 is 20.9 Å². The maximum atomic E-state index is 11.5. The van der Waals surface area contributed by atoms with Crippen molar-refractivity contribution in [2.75, 3.05) is 46.3 Å². The zero-order valence-corrected chi connectivity index (χ0v) is 13.2. The first kappa shape index (κ1) is 16.1. The highest BCUT2D eigenvalue weighted by atomic mass is 16.2. The van der Waals surface area contributed by atoms with Crippen molar-refractivity contribution in [2.24, 2.45) is 10.9 Å². The molecule has 0 radical (unpaired) electrons. The van der Waals surface area contributed by atoms with Gasteiger partial charge in [-0.15, -0.1) is 0 Å². The van der Waals surface area contributed by atoms with Crippen LogP contribution in [0.2, 0.25) is 0 Å². The Balaban J connectivity index is 1.50. The number of nitrogens with zero attached hydrogens (tertiary/aromatic N) is 2. The molecule has 1 heterocycles. The summed E-state index contributed by atoms with van der Waals surface area (Å²) >= 11 is 0. The molecular formula is C15H29N5O. The number of carbonyl (C=O) groups is 1. The van der Waals surface area contributed by atoms with Crippen molar-refractivity contribution in [3.8, 4) is 0 Å². The molecule has 3 N–H and O–H groups in total. The molecule has 0 spiro atoms. The third-order valence-corrected chi connectivity index (χ3v) is 4.06. The quantitative estimate of drug-likeness (QED) is 0.356. The monoisotopic (exact) mass is 295 g/mol. The Labute approximate surface area is 127 Å². The molecule has 6 heteroatoms. The zero-order chi connectivity index (χ0) is 14.9. The average molecular weight is 295 g/mol. The van der Waals surface area contributed by atoms with E-state index in [1.165, 1.54) is 32.4 Å². The number of guanidine groups is 1. The number of amides is 1. The molecule has 0 aromatic carbocycles. The lowest BCUT2D eigenvalue weighted by Crippen LogP contribution is -2.44. The van der Waals surface area contributed by atoms with Gasteiger partial charge in [-0.25, -0.2) is 0 Å². The van der Waals surface area contributed by atoms with Gasteiger partial charge in [0.15, 0.2) is 5.96 Å². The molecule has 1 aliphatic heterocycles. The molecule has 0 atom stereocenters. The van der Waals surface area contributed by atoms with Crippen LogP contribution < -0.4 is 16.0 Å². The van der Waals surface area contributed by atoms with Crippen LogP contribution in [0.1, 0.15) is 32.1 Å². The first-order valence-corrected chi connectivity index (χ1v) is 8.24. The molecule has 1 amide bonds. The first-order chi connectivity index (χ1) is 10.3. The molecule has 1 saturated heterocycles. The van der Waals surface area contributed by atoms with Gasteiger partial charge in [0.25, 0.3) is 0 Å². The minimum Gasteiger partial charge on any atom is -0.355 e. The highest BCUT2D eigenvalue weighted by Gasteiger charge is 2.28. The minimum absolute atomic E-state index is 0.199. The maximum Gasteiger partial charge on any atom is 0.223 e. The Kier molecular flexibility index (Phi) is 6.79. The Hall–Kier alpha value is -1.30. The molecule has 0 aromatic heterocycles. The first-order valence-electron chi connectivity index (χ1n) is 8.24. The van der Waals surface area contributed by atoms with E-state index >= 15 is 0 Å². The molecule has 2 fully saturated rings. The molecule has 6 nitrogen and oxygen atoms in total. The summed E-state index contributed by atoms with van der Waals surface area (Å²) in [6, 6.07) is 0. The molecule has 0 unspecified atom stereocenters. The molecule has 2 aliphatic rings. The zero-order valence-electron chi connectivity index (χ0n) is 13.2. The molecule has 120 valence electrons. The van der Waals surface area contributed by atoms with Crippen LogP contribution in [0.4, 0.5) is 0 Å². The Morgan fingerprint density at radius 3 is 2.38 bits per heavy atom. The highest BCUT2D eigenvalue weighted by molar-refractivity contribution is 5.81. The summed E-state index contributed by atoms with van der Waals surface area (Å²) in [6.07, 6.45) is 6.14. The van der Waals surface area contributed by atoms with Crippen LogP contribution in [-0.2, 0) is 4.79 Å². The lowest BCUT2D eigenvalue weighted by molar-refractivity contribution is -0.122. The van der Waals surface area contributed by atoms with Crippen molar-refractivity contribution in [3.63, 3.8) is 0 Å². The Bertz CT molecular complexity index is 348. The third kappa shape index (κ3) is 6.33. The van der Waals surface area contributed by atoms with Crippen LogP contribution in [-0.4, -0.2) is 63.1 Å². The second-order valence-corrected chi connectivity index (χ2v) is 5.89. The number of aliphatic imine (C=N–C) groups is 1. The predicted molar refractivity (Wildman–Crippen MR) is 85.4 cm³/mol. The minimum atomic E-state index is 0.199. The molecule has 21 heavy (non-hydrogen) atoms. The second kappa shape index (κ2) is 8.87. The number of hydrogen-bond donors (Lipinski definition) is 3. The fourth-order valence-corrected chi connectivity index (χ4v) is 2.59. The normalized spacial score (nSPS) is 20.1. The lowest BCUT2D eigenvalue weighted by atomic mass is 10.1. The smallest absolute Gasteiger partial charge is 0.223 e. The topological polar surface area (TPSA) is 68.8 Å². The van der Waals surface area contributed by atoms with Gasteiger partial charge in [-0.2, -0.15) is 0 Å². The fourth-order valence-electron chi connectivity index (χ4n) is 2.59. The second-order valence-electron chi connectivity index (χ2n) is 5.89.